The molecule has 5 nitrogen and oxygen atoms in total. The quantitative estimate of drug-likeness (QED) is 0.238. The van der Waals surface area contributed by atoms with Crippen molar-refractivity contribution in [1.29, 1.82) is 0 Å². The Morgan fingerprint density at radius 1 is 1.11 bits per heavy atom. The molecule has 0 spiro atoms. The van der Waals surface area contributed by atoms with Gasteiger partial charge in [0.1, 0.15) is 0 Å². The molecule has 0 aromatic carbocycles. The summed E-state index contributed by atoms with van der Waals surface area (Å²) >= 11 is 0. The number of piperidine rings is 1. The first kappa shape index (κ1) is 23.9. The van der Waals surface area contributed by atoms with Crippen molar-refractivity contribution in [2.75, 3.05) is 45.9 Å². The van der Waals surface area contributed by atoms with Crippen LogP contribution in [-0.2, 0) is 4.74 Å². The van der Waals surface area contributed by atoms with E-state index in [1.54, 1.807) is 0 Å². The second-order valence-electron chi connectivity index (χ2n) is 8.39. The van der Waals surface area contributed by atoms with E-state index in [1.807, 2.05) is 0 Å². The zero-order chi connectivity index (χ0) is 18.8. The average Bonchev–Trinajstić information content (AvgIpc) is 2.74. The van der Waals surface area contributed by atoms with Crippen molar-refractivity contribution < 1.29 is 4.74 Å². The summed E-state index contributed by atoms with van der Waals surface area (Å²) in [4.78, 5) is 7.86. The van der Waals surface area contributed by atoms with Gasteiger partial charge in [-0.15, -0.1) is 24.0 Å². The van der Waals surface area contributed by atoms with Crippen LogP contribution in [0.5, 0.6) is 0 Å². The highest BCUT2D eigenvalue weighted by Crippen LogP contribution is 2.35. The van der Waals surface area contributed by atoms with Crippen molar-refractivity contribution in [1.82, 2.24) is 15.5 Å². The maximum Gasteiger partial charge on any atom is 0.191 e. The lowest BCUT2D eigenvalue weighted by molar-refractivity contribution is 0.0407. The van der Waals surface area contributed by atoms with Crippen molar-refractivity contribution in [3.8, 4) is 0 Å². The van der Waals surface area contributed by atoms with E-state index in [0.29, 0.717) is 5.54 Å². The molecule has 0 radical (unpaired) electrons. The number of nitrogens with zero attached hydrogens (tertiary/aromatic N) is 2. The van der Waals surface area contributed by atoms with Crippen molar-refractivity contribution in [2.24, 2.45) is 4.99 Å². The Labute approximate surface area is 189 Å². The normalized spacial score (nSPS) is 23.5. The monoisotopic (exact) mass is 504 g/mol. The number of rotatable bonds is 7. The van der Waals surface area contributed by atoms with E-state index in [9.17, 15) is 0 Å². The van der Waals surface area contributed by atoms with E-state index in [-0.39, 0.29) is 24.0 Å². The third-order valence-electron chi connectivity index (χ3n) is 6.48. The number of nitrogens with one attached hydrogen (secondary N) is 2. The largest absolute Gasteiger partial charge is 0.377 e. The number of hydrogen-bond donors (Lipinski definition) is 2. The SMILES string of the molecule is CCNC(=NCC1(N2CCCCC2)CCCCC1)NCCC1=CCOCC1.I. The van der Waals surface area contributed by atoms with Crippen LogP contribution in [0.1, 0.15) is 71.1 Å². The molecule has 3 aliphatic rings. The molecule has 0 bridgehead atoms. The van der Waals surface area contributed by atoms with Gasteiger partial charge >= 0.3 is 0 Å². The molecule has 162 valence electrons. The van der Waals surface area contributed by atoms with E-state index < -0.39 is 0 Å². The number of likely N-dealkylation sites (tertiary alicyclic amines) is 1. The highest BCUT2D eigenvalue weighted by Gasteiger charge is 2.38. The molecule has 3 rings (SSSR count). The van der Waals surface area contributed by atoms with Gasteiger partial charge in [0.25, 0.3) is 0 Å². The molecule has 2 fully saturated rings. The van der Waals surface area contributed by atoms with Crippen LogP contribution in [-0.4, -0.2) is 62.3 Å². The summed E-state index contributed by atoms with van der Waals surface area (Å²) in [7, 11) is 0. The molecule has 2 heterocycles. The van der Waals surface area contributed by atoms with Gasteiger partial charge in [0.05, 0.1) is 19.8 Å². The highest BCUT2D eigenvalue weighted by atomic mass is 127. The lowest BCUT2D eigenvalue weighted by Crippen LogP contribution is -2.54. The molecule has 0 aromatic heterocycles. The molecule has 1 aliphatic carbocycles. The zero-order valence-electron chi connectivity index (χ0n) is 17.8. The second kappa shape index (κ2) is 13.1. The van der Waals surface area contributed by atoms with Gasteiger partial charge in [-0.3, -0.25) is 9.89 Å². The van der Waals surface area contributed by atoms with E-state index in [0.717, 1.165) is 51.6 Å². The molecule has 2 N–H and O–H groups in total. The summed E-state index contributed by atoms with van der Waals surface area (Å²) in [5.41, 5.74) is 1.83. The van der Waals surface area contributed by atoms with Crippen LogP contribution in [0, 0.1) is 0 Å². The molecule has 2 aliphatic heterocycles. The number of halogens is 1. The molecule has 28 heavy (non-hydrogen) atoms. The van der Waals surface area contributed by atoms with Crippen LogP contribution >= 0.6 is 24.0 Å². The predicted molar refractivity (Wildman–Crippen MR) is 129 cm³/mol. The fraction of sp³-hybridized carbons (Fsp3) is 0.864. The first-order valence-electron chi connectivity index (χ1n) is 11.4. The van der Waals surface area contributed by atoms with Crippen molar-refractivity contribution in [3.05, 3.63) is 11.6 Å². The number of hydrogen-bond acceptors (Lipinski definition) is 3. The van der Waals surface area contributed by atoms with Gasteiger partial charge in [-0.2, -0.15) is 0 Å². The minimum Gasteiger partial charge on any atom is -0.377 e. The Hall–Kier alpha value is -0.340. The summed E-state index contributed by atoms with van der Waals surface area (Å²) < 4.78 is 5.40. The van der Waals surface area contributed by atoms with Crippen LogP contribution in [0.2, 0.25) is 0 Å². The standard InChI is InChI=1S/C22H40N4O.HI/c1-2-23-21(24-14-9-20-10-17-27-18-11-20)25-19-22(12-5-3-6-13-22)26-15-7-4-8-16-26;/h10H,2-9,11-19H2,1H3,(H2,23,24,25);1H. The smallest absolute Gasteiger partial charge is 0.191 e. The molecular weight excluding hydrogens is 463 g/mol. The van der Waals surface area contributed by atoms with Gasteiger partial charge in [-0.1, -0.05) is 37.3 Å². The maximum absolute atomic E-state index is 5.40. The van der Waals surface area contributed by atoms with Crippen LogP contribution in [0.25, 0.3) is 0 Å². The van der Waals surface area contributed by atoms with E-state index in [2.05, 4.69) is 28.5 Å². The van der Waals surface area contributed by atoms with Crippen molar-refractivity contribution in [2.45, 2.75) is 76.7 Å². The molecule has 6 heteroatoms. The average molecular weight is 505 g/mol. The molecule has 0 atom stereocenters. The Morgan fingerprint density at radius 3 is 2.54 bits per heavy atom. The summed E-state index contributed by atoms with van der Waals surface area (Å²) in [6.07, 6.45) is 15.3. The Morgan fingerprint density at radius 2 is 1.86 bits per heavy atom. The minimum absolute atomic E-state index is 0. The number of guanidine groups is 1. The van der Waals surface area contributed by atoms with Gasteiger partial charge in [-0.05, 0) is 58.5 Å². The van der Waals surface area contributed by atoms with Gasteiger partial charge in [0.15, 0.2) is 5.96 Å². The lowest BCUT2D eigenvalue weighted by Gasteiger charge is -2.47. The predicted octanol–water partition coefficient (Wildman–Crippen LogP) is 4.09. The molecule has 0 amide bonds. The van der Waals surface area contributed by atoms with E-state index in [4.69, 9.17) is 9.73 Å². The third-order valence-corrected chi connectivity index (χ3v) is 6.48. The summed E-state index contributed by atoms with van der Waals surface area (Å²) in [6, 6.07) is 0. The maximum atomic E-state index is 5.40. The first-order chi connectivity index (χ1) is 13.3. The van der Waals surface area contributed by atoms with Crippen molar-refractivity contribution in [3.63, 3.8) is 0 Å². The second-order valence-corrected chi connectivity index (χ2v) is 8.39. The minimum atomic E-state index is 0. The zero-order valence-corrected chi connectivity index (χ0v) is 20.1. The van der Waals surface area contributed by atoms with E-state index in [1.165, 1.54) is 70.0 Å². The topological polar surface area (TPSA) is 48.9 Å². The Balaban J connectivity index is 0.00000280. The summed E-state index contributed by atoms with van der Waals surface area (Å²) in [5, 5.41) is 7.02. The van der Waals surface area contributed by atoms with Crippen LogP contribution in [0.15, 0.2) is 16.6 Å². The Kier molecular flexibility index (Phi) is 11.2. The first-order valence-corrected chi connectivity index (χ1v) is 11.4. The fourth-order valence-electron chi connectivity index (χ4n) is 4.85. The van der Waals surface area contributed by atoms with Crippen LogP contribution in [0.4, 0.5) is 0 Å². The highest BCUT2D eigenvalue weighted by molar-refractivity contribution is 14.0. The summed E-state index contributed by atoms with van der Waals surface area (Å²) in [5.74, 6) is 0.993. The van der Waals surface area contributed by atoms with Gasteiger partial charge in [-0.25, -0.2) is 0 Å². The van der Waals surface area contributed by atoms with Crippen LogP contribution in [0.3, 0.4) is 0 Å². The van der Waals surface area contributed by atoms with E-state index >= 15 is 0 Å². The molecule has 0 unspecified atom stereocenters. The van der Waals surface area contributed by atoms with Gasteiger partial charge in [0, 0.05) is 18.6 Å². The lowest BCUT2D eigenvalue weighted by atomic mass is 9.79. The Bertz CT molecular complexity index is 497. The molecular formula is C22H41IN4O. The molecule has 1 saturated carbocycles. The van der Waals surface area contributed by atoms with Gasteiger partial charge < -0.3 is 15.4 Å². The number of aliphatic imine (C=N–C) groups is 1. The molecule has 0 aromatic rings. The summed E-state index contributed by atoms with van der Waals surface area (Å²) in [6.45, 7) is 9.16. The van der Waals surface area contributed by atoms with Crippen molar-refractivity contribution >= 4 is 29.9 Å². The molecule has 1 saturated heterocycles. The van der Waals surface area contributed by atoms with Crippen LogP contribution < -0.4 is 10.6 Å². The van der Waals surface area contributed by atoms with Gasteiger partial charge in [0.2, 0.25) is 0 Å². The number of ether oxygens (including phenoxy) is 1. The third kappa shape index (κ3) is 7.17. The fourth-order valence-corrected chi connectivity index (χ4v) is 4.85.